The lowest BCUT2D eigenvalue weighted by atomic mass is 9.95. The second kappa shape index (κ2) is 9.62. The van der Waals surface area contributed by atoms with Gasteiger partial charge in [0.15, 0.2) is 0 Å². The summed E-state index contributed by atoms with van der Waals surface area (Å²) in [6.45, 7) is 6.93. The van der Waals surface area contributed by atoms with E-state index in [0.717, 1.165) is 58.2 Å². The number of carbonyl (C=O) groups excluding carboxylic acids is 1. The molecule has 24 heavy (non-hydrogen) atoms. The Kier molecular flexibility index (Phi) is 7.21. The molecule has 0 bridgehead atoms. The predicted octanol–water partition coefficient (Wildman–Crippen LogP) is 2.85. The fourth-order valence-electron chi connectivity index (χ4n) is 4.33. The highest BCUT2D eigenvalue weighted by molar-refractivity contribution is 5.74. The van der Waals surface area contributed by atoms with Gasteiger partial charge in [0.2, 0.25) is 0 Å². The molecule has 3 rings (SSSR count). The Morgan fingerprint density at radius 1 is 0.875 bits per heavy atom. The summed E-state index contributed by atoms with van der Waals surface area (Å²) in [5, 5.41) is 3.31. The van der Waals surface area contributed by atoms with Crippen LogP contribution < -0.4 is 5.32 Å². The molecule has 2 saturated heterocycles. The molecule has 2 heterocycles. The Hall–Kier alpha value is -0.810. The molecular formula is C19H35N3O2. The molecule has 5 nitrogen and oxygen atoms in total. The van der Waals surface area contributed by atoms with Crippen molar-refractivity contribution in [1.29, 1.82) is 0 Å². The van der Waals surface area contributed by atoms with Crippen LogP contribution in [0.4, 0.5) is 4.79 Å². The fraction of sp³-hybridized carbons (Fsp3) is 0.947. The second-order valence-corrected chi connectivity index (χ2v) is 7.83. The number of ether oxygens (including phenoxy) is 1. The summed E-state index contributed by atoms with van der Waals surface area (Å²) in [5.41, 5.74) is 0. The summed E-state index contributed by atoms with van der Waals surface area (Å²) >= 11 is 0. The van der Waals surface area contributed by atoms with E-state index in [9.17, 15) is 4.79 Å². The largest absolute Gasteiger partial charge is 0.379 e. The topological polar surface area (TPSA) is 44.8 Å². The van der Waals surface area contributed by atoms with E-state index in [-0.39, 0.29) is 6.03 Å². The average molecular weight is 338 g/mol. The molecule has 0 radical (unpaired) electrons. The number of nitrogens with zero attached hydrogens (tertiary/aromatic N) is 2. The van der Waals surface area contributed by atoms with Gasteiger partial charge in [-0.3, -0.25) is 4.90 Å². The molecule has 1 N–H and O–H groups in total. The van der Waals surface area contributed by atoms with E-state index >= 15 is 0 Å². The molecule has 3 fully saturated rings. The second-order valence-electron chi connectivity index (χ2n) is 7.83. The molecule has 3 aliphatic rings. The van der Waals surface area contributed by atoms with E-state index in [1.165, 1.54) is 51.5 Å². The number of hydrogen-bond acceptors (Lipinski definition) is 3. The van der Waals surface area contributed by atoms with E-state index in [1.807, 2.05) is 0 Å². The van der Waals surface area contributed by atoms with Crippen molar-refractivity contribution in [2.75, 3.05) is 45.9 Å². The van der Waals surface area contributed by atoms with Crippen molar-refractivity contribution in [3.8, 4) is 0 Å². The highest BCUT2D eigenvalue weighted by atomic mass is 16.5. The normalized spacial score (nSPS) is 25.9. The van der Waals surface area contributed by atoms with Gasteiger partial charge in [-0.05, 0) is 31.6 Å². The first-order valence-corrected chi connectivity index (χ1v) is 10.2. The molecule has 138 valence electrons. The van der Waals surface area contributed by atoms with Crippen molar-refractivity contribution in [3.63, 3.8) is 0 Å². The summed E-state index contributed by atoms with van der Waals surface area (Å²) in [4.78, 5) is 17.1. The summed E-state index contributed by atoms with van der Waals surface area (Å²) < 4.78 is 5.42. The molecule has 0 aromatic carbocycles. The van der Waals surface area contributed by atoms with Crippen LogP contribution in [0.15, 0.2) is 0 Å². The van der Waals surface area contributed by atoms with E-state index in [4.69, 9.17) is 4.74 Å². The number of urea groups is 1. The highest BCUT2D eigenvalue weighted by Gasteiger charge is 2.26. The van der Waals surface area contributed by atoms with Crippen LogP contribution in [0, 0.1) is 5.92 Å². The number of likely N-dealkylation sites (tertiary alicyclic amines) is 1. The molecule has 2 amide bonds. The van der Waals surface area contributed by atoms with Crippen molar-refractivity contribution in [2.24, 2.45) is 5.92 Å². The molecule has 1 saturated carbocycles. The van der Waals surface area contributed by atoms with Crippen LogP contribution in [-0.4, -0.2) is 67.8 Å². The number of piperidine rings is 1. The molecule has 5 heteroatoms. The van der Waals surface area contributed by atoms with Crippen molar-refractivity contribution < 1.29 is 9.53 Å². The number of morpholine rings is 1. The Balaban J connectivity index is 1.36. The molecule has 1 aliphatic carbocycles. The first kappa shape index (κ1) is 18.0. The van der Waals surface area contributed by atoms with Gasteiger partial charge in [0.1, 0.15) is 0 Å². The van der Waals surface area contributed by atoms with Gasteiger partial charge < -0.3 is 15.0 Å². The van der Waals surface area contributed by atoms with Gasteiger partial charge in [0.05, 0.1) is 13.2 Å². The van der Waals surface area contributed by atoms with Crippen LogP contribution in [0.25, 0.3) is 0 Å². The van der Waals surface area contributed by atoms with Gasteiger partial charge in [-0.1, -0.05) is 32.1 Å². The van der Waals surface area contributed by atoms with Gasteiger partial charge >= 0.3 is 6.03 Å². The Morgan fingerprint density at radius 2 is 1.50 bits per heavy atom. The first-order valence-electron chi connectivity index (χ1n) is 10.2. The quantitative estimate of drug-likeness (QED) is 0.861. The minimum absolute atomic E-state index is 0.186. The third-order valence-corrected chi connectivity index (χ3v) is 5.95. The van der Waals surface area contributed by atoms with Crippen molar-refractivity contribution >= 4 is 6.03 Å². The average Bonchev–Trinajstić information content (AvgIpc) is 2.59. The van der Waals surface area contributed by atoms with E-state index in [2.05, 4.69) is 15.1 Å². The first-order chi connectivity index (χ1) is 11.8. The Labute approximate surface area is 147 Å². The molecule has 0 spiro atoms. The SMILES string of the molecule is O=C(NC1CCCCCCC1)N1CCC(CN2CCOCC2)CC1. The molecule has 0 unspecified atom stereocenters. The van der Waals surface area contributed by atoms with Crippen molar-refractivity contribution in [3.05, 3.63) is 0 Å². The maximum atomic E-state index is 12.5. The molecule has 2 aliphatic heterocycles. The Morgan fingerprint density at radius 3 is 2.17 bits per heavy atom. The number of carbonyl (C=O) groups is 1. The molecule has 0 atom stereocenters. The van der Waals surface area contributed by atoms with Crippen molar-refractivity contribution in [2.45, 2.75) is 63.8 Å². The van der Waals surface area contributed by atoms with E-state index < -0.39 is 0 Å². The van der Waals surface area contributed by atoms with Gasteiger partial charge in [-0.25, -0.2) is 4.79 Å². The zero-order valence-corrected chi connectivity index (χ0v) is 15.2. The summed E-state index contributed by atoms with van der Waals surface area (Å²) in [7, 11) is 0. The van der Waals surface area contributed by atoms with Gasteiger partial charge in [-0.15, -0.1) is 0 Å². The summed E-state index contributed by atoms with van der Waals surface area (Å²) in [6, 6.07) is 0.592. The lowest BCUT2D eigenvalue weighted by molar-refractivity contribution is 0.0258. The highest BCUT2D eigenvalue weighted by Crippen LogP contribution is 2.21. The molecule has 0 aromatic rings. The lowest BCUT2D eigenvalue weighted by Gasteiger charge is -2.36. The standard InChI is InChI=1S/C19H35N3O2/c23-19(20-18-6-4-2-1-3-5-7-18)22-10-8-17(9-11-22)16-21-12-14-24-15-13-21/h17-18H,1-16H2,(H,20,23). The number of hydrogen-bond donors (Lipinski definition) is 1. The van der Waals surface area contributed by atoms with Gasteiger partial charge in [0, 0.05) is 38.8 Å². The molecule has 0 aromatic heterocycles. The number of rotatable bonds is 3. The minimum atomic E-state index is 0.186. The predicted molar refractivity (Wildman–Crippen MR) is 96.2 cm³/mol. The van der Waals surface area contributed by atoms with E-state index in [0.29, 0.717) is 6.04 Å². The lowest BCUT2D eigenvalue weighted by Crippen LogP contribution is -2.49. The third kappa shape index (κ3) is 5.62. The fourth-order valence-corrected chi connectivity index (χ4v) is 4.33. The smallest absolute Gasteiger partial charge is 0.317 e. The van der Waals surface area contributed by atoms with Crippen LogP contribution in [0.2, 0.25) is 0 Å². The number of amides is 2. The maximum Gasteiger partial charge on any atom is 0.317 e. The minimum Gasteiger partial charge on any atom is -0.379 e. The Bertz CT molecular complexity index is 369. The van der Waals surface area contributed by atoms with E-state index in [1.54, 1.807) is 0 Å². The van der Waals surface area contributed by atoms with Crippen LogP contribution in [-0.2, 0) is 4.74 Å². The van der Waals surface area contributed by atoms with Crippen LogP contribution in [0.5, 0.6) is 0 Å². The van der Waals surface area contributed by atoms with Crippen molar-refractivity contribution in [1.82, 2.24) is 15.1 Å². The maximum absolute atomic E-state index is 12.5. The summed E-state index contributed by atoms with van der Waals surface area (Å²) in [5.74, 6) is 0.744. The van der Waals surface area contributed by atoms with Gasteiger partial charge in [0.25, 0.3) is 0 Å². The third-order valence-electron chi connectivity index (χ3n) is 5.95. The monoisotopic (exact) mass is 337 g/mol. The zero-order valence-electron chi connectivity index (χ0n) is 15.2. The van der Waals surface area contributed by atoms with Crippen LogP contribution in [0.1, 0.15) is 57.8 Å². The molecular weight excluding hydrogens is 302 g/mol. The van der Waals surface area contributed by atoms with Gasteiger partial charge in [-0.2, -0.15) is 0 Å². The van der Waals surface area contributed by atoms with Crippen LogP contribution in [0.3, 0.4) is 0 Å². The van der Waals surface area contributed by atoms with Crippen LogP contribution >= 0.6 is 0 Å². The summed E-state index contributed by atoms with van der Waals surface area (Å²) in [6.07, 6.45) is 11.2. The zero-order chi connectivity index (χ0) is 16.6. The number of nitrogens with one attached hydrogen (secondary N) is 1.